The molecule has 1 fully saturated rings. The van der Waals surface area contributed by atoms with Gasteiger partial charge in [-0.15, -0.1) is 13.2 Å². The summed E-state index contributed by atoms with van der Waals surface area (Å²) in [5.41, 5.74) is 1.56. The van der Waals surface area contributed by atoms with E-state index in [2.05, 4.69) is 14.8 Å². The van der Waals surface area contributed by atoms with Crippen LogP contribution in [0.2, 0.25) is 10.0 Å². The largest absolute Gasteiger partial charge is 0.573 e. The first kappa shape index (κ1) is 23.3. The van der Waals surface area contributed by atoms with Crippen LogP contribution in [0.1, 0.15) is 16.1 Å². The van der Waals surface area contributed by atoms with Crippen LogP contribution in [0.3, 0.4) is 0 Å². The fourth-order valence-corrected chi connectivity index (χ4v) is 3.96. The van der Waals surface area contributed by atoms with Crippen molar-refractivity contribution in [2.45, 2.75) is 13.3 Å². The van der Waals surface area contributed by atoms with Gasteiger partial charge in [0.1, 0.15) is 22.8 Å². The van der Waals surface area contributed by atoms with Crippen LogP contribution in [-0.4, -0.2) is 48.5 Å². The number of rotatable bonds is 4. The Bertz CT molecular complexity index is 1180. The zero-order valence-electron chi connectivity index (χ0n) is 17.3. The highest BCUT2D eigenvalue weighted by Gasteiger charge is 2.32. The van der Waals surface area contributed by atoms with E-state index in [4.69, 9.17) is 27.7 Å². The molecule has 0 spiro atoms. The van der Waals surface area contributed by atoms with E-state index in [1.54, 1.807) is 30.0 Å². The van der Waals surface area contributed by atoms with Gasteiger partial charge in [-0.3, -0.25) is 4.79 Å². The molecule has 1 aromatic heterocycles. The highest BCUT2D eigenvalue weighted by Crippen LogP contribution is 2.32. The van der Waals surface area contributed by atoms with Crippen LogP contribution in [0.5, 0.6) is 5.75 Å². The lowest BCUT2D eigenvalue weighted by Crippen LogP contribution is -2.49. The van der Waals surface area contributed by atoms with Crippen molar-refractivity contribution < 1.29 is 27.2 Å². The average Bonchev–Trinajstić information content (AvgIpc) is 3.15. The lowest BCUT2D eigenvalue weighted by Gasteiger charge is -2.36. The minimum Gasteiger partial charge on any atom is -0.406 e. The monoisotopic (exact) mass is 499 g/mol. The van der Waals surface area contributed by atoms with Crippen LogP contribution < -0.4 is 9.64 Å². The van der Waals surface area contributed by atoms with Crippen molar-refractivity contribution in [3.05, 3.63) is 63.8 Å². The van der Waals surface area contributed by atoms with Gasteiger partial charge in [-0.1, -0.05) is 40.5 Å². The molecule has 3 aromatic rings. The van der Waals surface area contributed by atoms with Crippen LogP contribution in [0.25, 0.3) is 11.3 Å². The van der Waals surface area contributed by atoms with Gasteiger partial charge in [0, 0.05) is 37.4 Å². The maximum atomic E-state index is 13.3. The molecule has 0 N–H and O–H groups in total. The SMILES string of the molecule is Cc1onc(-c2cccc(OC(F)(F)F)c2)c1C(=O)N1CCN(c2ccc(Cl)c(Cl)c2)CC1. The van der Waals surface area contributed by atoms with Gasteiger partial charge in [0.2, 0.25) is 0 Å². The number of ether oxygens (including phenoxy) is 1. The minimum absolute atomic E-state index is 0.164. The number of carbonyl (C=O) groups is 1. The van der Waals surface area contributed by atoms with Crippen LogP contribution in [0.4, 0.5) is 18.9 Å². The summed E-state index contributed by atoms with van der Waals surface area (Å²) in [5, 5.41) is 4.84. The first-order chi connectivity index (χ1) is 15.6. The van der Waals surface area contributed by atoms with E-state index in [-0.39, 0.29) is 28.5 Å². The number of hydrogen-bond acceptors (Lipinski definition) is 5. The molecule has 0 unspecified atom stereocenters. The van der Waals surface area contributed by atoms with E-state index < -0.39 is 12.1 Å². The Labute approximate surface area is 197 Å². The zero-order valence-corrected chi connectivity index (χ0v) is 18.8. The molecule has 1 amide bonds. The van der Waals surface area contributed by atoms with Gasteiger partial charge in [0.25, 0.3) is 5.91 Å². The molecule has 4 rings (SSSR count). The van der Waals surface area contributed by atoms with Gasteiger partial charge in [-0.2, -0.15) is 0 Å². The highest BCUT2D eigenvalue weighted by molar-refractivity contribution is 6.42. The van der Waals surface area contributed by atoms with E-state index >= 15 is 0 Å². The van der Waals surface area contributed by atoms with Gasteiger partial charge < -0.3 is 19.1 Å². The molecule has 2 aromatic carbocycles. The quantitative estimate of drug-likeness (QED) is 0.452. The Kier molecular flexibility index (Phi) is 6.45. The summed E-state index contributed by atoms with van der Waals surface area (Å²) in [7, 11) is 0. The highest BCUT2D eigenvalue weighted by atomic mass is 35.5. The number of aryl methyl sites for hydroxylation is 1. The zero-order chi connectivity index (χ0) is 23.8. The van der Waals surface area contributed by atoms with Crippen LogP contribution in [-0.2, 0) is 0 Å². The first-order valence-electron chi connectivity index (χ1n) is 9.94. The molecule has 2 heterocycles. The third-order valence-electron chi connectivity index (χ3n) is 5.25. The Morgan fingerprint density at radius 3 is 2.45 bits per heavy atom. The van der Waals surface area contributed by atoms with E-state index in [1.165, 1.54) is 18.2 Å². The number of carbonyl (C=O) groups excluding carboxylic acids is 1. The maximum Gasteiger partial charge on any atom is 0.573 e. The lowest BCUT2D eigenvalue weighted by molar-refractivity contribution is -0.274. The number of piperazine rings is 1. The summed E-state index contributed by atoms with van der Waals surface area (Å²) in [4.78, 5) is 17.0. The fraction of sp³-hybridized carbons (Fsp3) is 0.273. The average molecular weight is 500 g/mol. The number of halogens is 5. The van der Waals surface area contributed by atoms with Gasteiger partial charge in [0.15, 0.2) is 0 Å². The van der Waals surface area contributed by atoms with Gasteiger partial charge in [0.05, 0.1) is 10.0 Å². The molecular formula is C22H18Cl2F3N3O3. The smallest absolute Gasteiger partial charge is 0.406 e. The number of amides is 1. The predicted molar refractivity (Wildman–Crippen MR) is 118 cm³/mol. The van der Waals surface area contributed by atoms with Crippen molar-refractivity contribution in [3.8, 4) is 17.0 Å². The summed E-state index contributed by atoms with van der Waals surface area (Å²) in [6, 6.07) is 10.6. The molecule has 11 heteroatoms. The topological polar surface area (TPSA) is 58.8 Å². The molecule has 174 valence electrons. The number of anilines is 1. The second-order valence-electron chi connectivity index (χ2n) is 7.42. The second-order valence-corrected chi connectivity index (χ2v) is 8.23. The summed E-state index contributed by atoms with van der Waals surface area (Å²) in [6.07, 6.45) is -4.83. The number of hydrogen-bond donors (Lipinski definition) is 0. The number of nitrogens with zero attached hydrogens (tertiary/aromatic N) is 3. The number of aromatic nitrogens is 1. The summed E-state index contributed by atoms with van der Waals surface area (Å²) < 4.78 is 47.0. The van der Waals surface area contributed by atoms with Crippen molar-refractivity contribution in [2.24, 2.45) is 0 Å². The van der Waals surface area contributed by atoms with Crippen LogP contribution >= 0.6 is 23.2 Å². The van der Waals surface area contributed by atoms with Gasteiger partial charge >= 0.3 is 6.36 Å². The van der Waals surface area contributed by atoms with Crippen LogP contribution in [0, 0.1) is 6.92 Å². The Morgan fingerprint density at radius 2 is 1.79 bits per heavy atom. The van der Waals surface area contributed by atoms with Crippen molar-refractivity contribution in [3.63, 3.8) is 0 Å². The van der Waals surface area contributed by atoms with Crippen molar-refractivity contribution >= 4 is 34.8 Å². The van der Waals surface area contributed by atoms with Crippen molar-refractivity contribution in [1.82, 2.24) is 10.1 Å². The third kappa shape index (κ3) is 5.20. The fourth-order valence-electron chi connectivity index (χ4n) is 3.67. The molecule has 1 saturated heterocycles. The first-order valence-corrected chi connectivity index (χ1v) is 10.7. The van der Waals surface area contributed by atoms with E-state index in [0.29, 0.717) is 36.2 Å². The standard InChI is InChI=1S/C22H18Cl2F3N3O3/c1-13-19(20(28-33-13)14-3-2-4-16(11-14)32-22(25,26)27)21(31)30-9-7-29(8-10-30)15-5-6-17(23)18(24)12-15/h2-6,11-12H,7-10H2,1H3. The third-order valence-corrected chi connectivity index (χ3v) is 5.99. The molecule has 1 aliphatic heterocycles. The summed E-state index contributed by atoms with van der Waals surface area (Å²) >= 11 is 12.1. The van der Waals surface area contributed by atoms with E-state index in [1.807, 2.05) is 6.07 Å². The predicted octanol–water partition coefficient (Wildman–Crippen LogP) is 5.82. The Hall–Kier alpha value is -2.91. The molecule has 0 radical (unpaired) electrons. The Morgan fingerprint density at radius 1 is 1.06 bits per heavy atom. The summed E-state index contributed by atoms with van der Waals surface area (Å²) in [6.45, 7) is 3.59. The van der Waals surface area contributed by atoms with Crippen molar-refractivity contribution in [1.29, 1.82) is 0 Å². The maximum absolute atomic E-state index is 13.3. The molecule has 1 aliphatic rings. The number of alkyl halides is 3. The van der Waals surface area contributed by atoms with Gasteiger partial charge in [-0.05, 0) is 37.3 Å². The van der Waals surface area contributed by atoms with Gasteiger partial charge in [-0.25, -0.2) is 0 Å². The molecule has 0 atom stereocenters. The van der Waals surface area contributed by atoms with Crippen molar-refractivity contribution in [2.75, 3.05) is 31.1 Å². The Balaban J connectivity index is 1.52. The molecular weight excluding hydrogens is 482 g/mol. The summed E-state index contributed by atoms with van der Waals surface area (Å²) in [5.74, 6) is -0.432. The number of benzene rings is 2. The lowest BCUT2D eigenvalue weighted by atomic mass is 10.0. The normalized spacial score (nSPS) is 14.5. The minimum atomic E-state index is -4.83. The van der Waals surface area contributed by atoms with E-state index in [0.717, 1.165) is 5.69 Å². The second kappa shape index (κ2) is 9.15. The molecule has 0 aliphatic carbocycles. The van der Waals surface area contributed by atoms with Crippen LogP contribution in [0.15, 0.2) is 47.0 Å². The molecule has 0 saturated carbocycles. The molecule has 33 heavy (non-hydrogen) atoms. The van der Waals surface area contributed by atoms with E-state index in [9.17, 15) is 18.0 Å². The molecule has 6 nitrogen and oxygen atoms in total. The molecule has 0 bridgehead atoms.